The average molecular weight is 238 g/mol. The lowest BCUT2D eigenvalue weighted by Gasteiger charge is -2.51. The van der Waals surface area contributed by atoms with Crippen LogP contribution >= 0.6 is 0 Å². The van der Waals surface area contributed by atoms with Crippen molar-refractivity contribution in [3.63, 3.8) is 0 Å². The van der Waals surface area contributed by atoms with E-state index in [4.69, 9.17) is 5.73 Å². The van der Waals surface area contributed by atoms with Crippen molar-refractivity contribution in [2.75, 3.05) is 19.6 Å². The summed E-state index contributed by atoms with van der Waals surface area (Å²) in [6.07, 6.45) is 8.07. The number of nitrogens with two attached hydrogens (primary N) is 1. The maximum atomic E-state index is 6.14. The molecule has 1 heterocycles. The normalized spacial score (nSPS) is 39.2. The predicted molar refractivity (Wildman–Crippen MR) is 74.0 cm³/mol. The Morgan fingerprint density at radius 2 is 1.59 bits per heavy atom. The second-order valence-corrected chi connectivity index (χ2v) is 7.26. The molecule has 1 saturated carbocycles. The molecule has 100 valence electrons. The van der Waals surface area contributed by atoms with Gasteiger partial charge in [0.1, 0.15) is 0 Å². The summed E-state index contributed by atoms with van der Waals surface area (Å²) in [6, 6.07) is 0. The highest BCUT2D eigenvalue weighted by atomic mass is 15.2. The summed E-state index contributed by atoms with van der Waals surface area (Å²) in [7, 11) is 0. The lowest BCUT2D eigenvalue weighted by molar-refractivity contribution is 0.00168. The van der Waals surface area contributed by atoms with Gasteiger partial charge in [0.05, 0.1) is 0 Å². The van der Waals surface area contributed by atoms with Gasteiger partial charge >= 0.3 is 0 Å². The molecule has 0 amide bonds. The van der Waals surface area contributed by atoms with E-state index in [-0.39, 0.29) is 0 Å². The monoisotopic (exact) mass is 238 g/mol. The van der Waals surface area contributed by atoms with Crippen molar-refractivity contribution in [3.8, 4) is 0 Å². The van der Waals surface area contributed by atoms with Crippen LogP contribution in [0.4, 0.5) is 0 Å². The number of hydrogen-bond donors (Lipinski definition) is 1. The van der Waals surface area contributed by atoms with Crippen molar-refractivity contribution >= 4 is 0 Å². The van der Waals surface area contributed by atoms with Crippen molar-refractivity contribution < 1.29 is 0 Å². The minimum absolute atomic E-state index is 0.350. The molecule has 0 aromatic carbocycles. The van der Waals surface area contributed by atoms with Crippen LogP contribution in [0.15, 0.2) is 0 Å². The summed E-state index contributed by atoms with van der Waals surface area (Å²) in [4.78, 5) is 2.73. The summed E-state index contributed by atoms with van der Waals surface area (Å²) >= 11 is 0. The summed E-state index contributed by atoms with van der Waals surface area (Å²) in [5.74, 6) is 0.913. The van der Waals surface area contributed by atoms with Crippen LogP contribution in [0.3, 0.4) is 0 Å². The zero-order valence-corrected chi connectivity index (χ0v) is 12.0. The Balaban J connectivity index is 1.99. The van der Waals surface area contributed by atoms with E-state index in [1.165, 1.54) is 51.6 Å². The third kappa shape index (κ3) is 2.85. The van der Waals surface area contributed by atoms with Crippen LogP contribution in [0.1, 0.15) is 59.3 Å². The van der Waals surface area contributed by atoms with Crippen molar-refractivity contribution in [2.45, 2.75) is 64.8 Å². The first-order valence-corrected chi connectivity index (χ1v) is 7.43. The fourth-order valence-electron chi connectivity index (χ4n) is 3.54. The predicted octanol–water partition coefficient (Wildman–Crippen LogP) is 3.02. The summed E-state index contributed by atoms with van der Waals surface area (Å²) in [5.41, 5.74) is 7.04. The van der Waals surface area contributed by atoms with E-state index in [0.717, 1.165) is 12.5 Å². The van der Waals surface area contributed by atoms with Gasteiger partial charge in [0, 0.05) is 12.1 Å². The topological polar surface area (TPSA) is 29.3 Å². The van der Waals surface area contributed by atoms with Crippen LogP contribution in [0.25, 0.3) is 0 Å². The Morgan fingerprint density at radius 3 is 2.06 bits per heavy atom. The van der Waals surface area contributed by atoms with Gasteiger partial charge in [-0.2, -0.15) is 0 Å². The molecule has 2 fully saturated rings. The number of likely N-dealkylation sites (tertiary alicyclic amines) is 1. The van der Waals surface area contributed by atoms with Gasteiger partial charge in [0.15, 0.2) is 0 Å². The van der Waals surface area contributed by atoms with Crippen LogP contribution in [0.5, 0.6) is 0 Å². The molecule has 2 heteroatoms. The Morgan fingerprint density at radius 1 is 1.06 bits per heavy atom. The molecule has 0 bridgehead atoms. The molecule has 0 radical (unpaired) electrons. The van der Waals surface area contributed by atoms with Crippen LogP contribution in [-0.2, 0) is 0 Å². The van der Waals surface area contributed by atoms with Gasteiger partial charge in [-0.1, -0.05) is 20.8 Å². The van der Waals surface area contributed by atoms with Crippen LogP contribution in [-0.4, -0.2) is 30.1 Å². The molecule has 1 aliphatic carbocycles. The first-order valence-electron chi connectivity index (χ1n) is 7.43. The highest BCUT2D eigenvalue weighted by Crippen LogP contribution is 2.40. The minimum atomic E-state index is 0.350. The Hall–Kier alpha value is -0.0800. The molecule has 17 heavy (non-hydrogen) atoms. The third-order valence-corrected chi connectivity index (χ3v) is 5.37. The smallest absolute Gasteiger partial charge is 0.0331 e. The molecule has 1 saturated heterocycles. The van der Waals surface area contributed by atoms with Crippen molar-refractivity contribution in [1.29, 1.82) is 0 Å². The minimum Gasteiger partial charge on any atom is -0.329 e. The van der Waals surface area contributed by atoms with Gasteiger partial charge in [-0.25, -0.2) is 0 Å². The second kappa shape index (κ2) is 4.89. The molecular weight excluding hydrogens is 208 g/mol. The average Bonchev–Trinajstić information content (AvgIpc) is 2.31. The summed E-state index contributed by atoms with van der Waals surface area (Å²) in [5, 5.41) is 0. The van der Waals surface area contributed by atoms with Gasteiger partial charge in [-0.15, -0.1) is 0 Å². The summed E-state index contributed by atoms with van der Waals surface area (Å²) in [6.45, 7) is 10.6. The van der Waals surface area contributed by atoms with Gasteiger partial charge in [0.25, 0.3) is 0 Å². The van der Waals surface area contributed by atoms with E-state index in [1.807, 2.05) is 0 Å². The lowest BCUT2D eigenvalue weighted by Crippen LogP contribution is -2.58. The highest BCUT2D eigenvalue weighted by molar-refractivity contribution is 4.97. The van der Waals surface area contributed by atoms with Crippen LogP contribution < -0.4 is 5.73 Å². The molecular formula is C15H30N2. The highest BCUT2D eigenvalue weighted by Gasteiger charge is 2.40. The first kappa shape index (κ1) is 13.4. The van der Waals surface area contributed by atoms with Crippen LogP contribution in [0.2, 0.25) is 0 Å². The molecule has 1 aliphatic heterocycles. The molecule has 0 unspecified atom stereocenters. The Kier molecular flexibility index (Phi) is 3.84. The van der Waals surface area contributed by atoms with Crippen molar-refractivity contribution in [2.24, 2.45) is 17.1 Å². The Bertz CT molecular complexity index is 242. The molecule has 0 aromatic heterocycles. The molecule has 0 atom stereocenters. The molecule has 0 spiro atoms. The number of piperidine rings is 1. The standard InChI is InChI=1S/C15H30N2/c1-13-4-6-15(12-16,7-5-13)17-10-8-14(2,3)9-11-17/h13H,4-12,16H2,1-3H3. The van der Waals surface area contributed by atoms with E-state index >= 15 is 0 Å². The lowest BCUT2D eigenvalue weighted by atomic mass is 9.73. The number of rotatable bonds is 2. The summed E-state index contributed by atoms with van der Waals surface area (Å²) < 4.78 is 0. The van der Waals surface area contributed by atoms with E-state index in [1.54, 1.807) is 0 Å². The maximum absolute atomic E-state index is 6.14. The second-order valence-electron chi connectivity index (χ2n) is 7.26. The van der Waals surface area contributed by atoms with Gasteiger partial charge in [-0.3, -0.25) is 4.90 Å². The zero-order chi connectivity index (χ0) is 12.5. The molecule has 2 aliphatic rings. The number of hydrogen-bond acceptors (Lipinski definition) is 2. The fourth-order valence-corrected chi connectivity index (χ4v) is 3.54. The first-order chi connectivity index (χ1) is 7.97. The molecule has 0 aromatic rings. The number of nitrogens with zero attached hydrogens (tertiary/aromatic N) is 1. The Labute approximate surface area is 107 Å². The quantitative estimate of drug-likeness (QED) is 0.801. The van der Waals surface area contributed by atoms with Crippen molar-refractivity contribution in [3.05, 3.63) is 0 Å². The van der Waals surface area contributed by atoms with E-state index in [2.05, 4.69) is 25.7 Å². The van der Waals surface area contributed by atoms with E-state index < -0.39 is 0 Å². The molecule has 2 rings (SSSR count). The fraction of sp³-hybridized carbons (Fsp3) is 1.00. The molecule has 2 nitrogen and oxygen atoms in total. The van der Waals surface area contributed by atoms with E-state index in [9.17, 15) is 0 Å². The third-order valence-electron chi connectivity index (χ3n) is 5.37. The van der Waals surface area contributed by atoms with Gasteiger partial charge < -0.3 is 5.73 Å². The maximum Gasteiger partial charge on any atom is 0.0331 e. The van der Waals surface area contributed by atoms with Crippen molar-refractivity contribution in [1.82, 2.24) is 4.90 Å². The van der Waals surface area contributed by atoms with Gasteiger partial charge in [-0.05, 0) is 62.9 Å². The largest absolute Gasteiger partial charge is 0.329 e. The molecule has 2 N–H and O–H groups in total. The van der Waals surface area contributed by atoms with E-state index in [0.29, 0.717) is 11.0 Å². The van der Waals surface area contributed by atoms with Gasteiger partial charge in [0.2, 0.25) is 0 Å². The zero-order valence-electron chi connectivity index (χ0n) is 12.0. The SMILES string of the molecule is CC1CCC(CN)(N2CCC(C)(C)CC2)CC1. The van der Waals surface area contributed by atoms with Crippen LogP contribution in [0, 0.1) is 11.3 Å².